The zero-order valence-corrected chi connectivity index (χ0v) is 19.5. The van der Waals surface area contributed by atoms with Gasteiger partial charge in [0.2, 0.25) is 5.91 Å². The molecule has 0 N–H and O–H groups in total. The first-order chi connectivity index (χ1) is 15.5. The van der Waals surface area contributed by atoms with Crippen LogP contribution < -0.4 is 4.74 Å². The highest BCUT2D eigenvalue weighted by Crippen LogP contribution is 2.39. The minimum Gasteiger partial charge on any atom is -0.484 e. The van der Waals surface area contributed by atoms with Crippen LogP contribution in [0.15, 0.2) is 42.5 Å². The van der Waals surface area contributed by atoms with E-state index in [1.54, 1.807) is 11.9 Å². The van der Waals surface area contributed by atoms with Gasteiger partial charge in [-0.2, -0.15) is 0 Å². The number of likely N-dealkylation sites (N-methyl/N-ethyl adjacent to an activating group) is 1. The first-order valence-corrected chi connectivity index (χ1v) is 11.8. The third-order valence-corrected chi connectivity index (χ3v) is 6.99. The standard InChI is InChI=1S/C27H34N2O3/c1-4-28(3)25(30)18-32-23-14-13-20-15-16-29(27(31)22-7-5-6-8-22)26(24(20)17-23)21-11-9-19(2)10-12-21/h9-14,17,22,26H,4-8,15-16,18H2,1-3H3. The van der Waals surface area contributed by atoms with E-state index in [-0.39, 0.29) is 30.4 Å². The maximum atomic E-state index is 13.5. The van der Waals surface area contributed by atoms with Gasteiger partial charge in [-0.3, -0.25) is 9.59 Å². The molecular weight excluding hydrogens is 400 g/mol. The maximum Gasteiger partial charge on any atom is 0.260 e. The van der Waals surface area contributed by atoms with Crippen LogP contribution in [-0.2, 0) is 16.0 Å². The molecule has 32 heavy (non-hydrogen) atoms. The number of amides is 2. The molecule has 0 bridgehead atoms. The smallest absolute Gasteiger partial charge is 0.260 e. The van der Waals surface area contributed by atoms with Gasteiger partial charge >= 0.3 is 0 Å². The Balaban J connectivity index is 1.66. The fraction of sp³-hybridized carbons (Fsp3) is 0.481. The number of aryl methyl sites for hydroxylation is 1. The zero-order valence-electron chi connectivity index (χ0n) is 19.5. The zero-order chi connectivity index (χ0) is 22.7. The molecule has 2 aromatic rings. The molecule has 5 nitrogen and oxygen atoms in total. The third-order valence-electron chi connectivity index (χ3n) is 6.99. The van der Waals surface area contributed by atoms with Crippen molar-refractivity contribution in [3.63, 3.8) is 0 Å². The Labute approximate surface area is 191 Å². The summed E-state index contributed by atoms with van der Waals surface area (Å²) in [5.41, 5.74) is 4.69. The van der Waals surface area contributed by atoms with Crippen LogP contribution in [0.2, 0.25) is 0 Å². The Hall–Kier alpha value is -2.82. The van der Waals surface area contributed by atoms with Crippen molar-refractivity contribution >= 4 is 11.8 Å². The Bertz CT molecular complexity index is 963. The summed E-state index contributed by atoms with van der Waals surface area (Å²) < 4.78 is 5.86. The summed E-state index contributed by atoms with van der Waals surface area (Å²) in [7, 11) is 1.78. The Morgan fingerprint density at radius 2 is 1.81 bits per heavy atom. The van der Waals surface area contributed by atoms with E-state index in [1.165, 1.54) is 11.1 Å². The summed E-state index contributed by atoms with van der Waals surface area (Å²) in [4.78, 5) is 29.4. The maximum absolute atomic E-state index is 13.5. The van der Waals surface area contributed by atoms with E-state index in [0.717, 1.165) is 49.8 Å². The van der Waals surface area contributed by atoms with E-state index in [1.807, 2.05) is 19.1 Å². The lowest BCUT2D eigenvalue weighted by atomic mass is 9.86. The number of fused-ring (bicyclic) bond motifs is 1. The van der Waals surface area contributed by atoms with Gasteiger partial charge in [0.15, 0.2) is 6.61 Å². The second-order valence-corrected chi connectivity index (χ2v) is 9.13. The number of benzene rings is 2. The van der Waals surface area contributed by atoms with Crippen molar-refractivity contribution in [1.29, 1.82) is 0 Å². The minimum atomic E-state index is -0.120. The van der Waals surface area contributed by atoms with Gasteiger partial charge in [-0.05, 0) is 61.9 Å². The van der Waals surface area contributed by atoms with Crippen LogP contribution in [0.5, 0.6) is 5.75 Å². The molecule has 1 unspecified atom stereocenters. The van der Waals surface area contributed by atoms with E-state index in [2.05, 4.69) is 42.2 Å². The Kier molecular flexibility index (Phi) is 6.83. The number of ether oxygens (including phenoxy) is 1. The van der Waals surface area contributed by atoms with Crippen molar-refractivity contribution < 1.29 is 14.3 Å². The van der Waals surface area contributed by atoms with E-state index < -0.39 is 0 Å². The summed E-state index contributed by atoms with van der Waals surface area (Å²) in [5, 5.41) is 0. The van der Waals surface area contributed by atoms with Crippen molar-refractivity contribution in [3.8, 4) is 5.75 Å². The molecule has 0 radical (unpaired) electrons. The molecule has 4 rings (SSSR count). The van der Waals surface area contributed by atoms with Gasteiger partial charge in [0, 0.05) is 26.1 Å². The fourth-order valence-corrected chi connectivity index (χ4v) is 4.87. The molecule has 2 amide bonds. The van der Waals surface area contributed by atoms with Gasteiger partial charge in [0.1, 0.15) is 5.75 Å². The van der Waals surface area contributed by atoms with Crippen molar-refractivity contribution in [1.82, 2.24) is 9.80 Å². The monoisotopic (exact) mass is 434 g/mol. The molecule has 1 heterocycles. The van der Waals surface area contributed by atoms with Gasteiger partial charge in [0.25, 0.3) is 5.91 Å². The lowest BCUT2D eigenvalue weighted by Gasteiger charge is -2.39. The summed E-state index contributed by atoms with van der Waals surface area (Å²) in [6.45, 7) is 5.43. The predicted molar refractivity (Wildman–Crippen MR) is 126 cm³/mol. The molecule has 5 heteroatoms. The molecule has 2 aromatic carbocycles. The van der Waals surface area contributed by atoms with Gasteiger partial charge in [0.05, 0.1) is 6.04 Å². The van der Waals surface area contributed by atoms with Crippen LogP contribution >= 0.6 is 0 Å². The van der Waals surface area contributed by atoms with Gasteiger partial charge in [-0.1, -0.05) is 48.7 Å². The highest BCUT2D eigenvalue weighted by atomic mass is 16.5. The number of nitrogens with zero attached hydrogens (tertiary/aromatic N) is 2. The van der Waals surface area contributed by atoms with E-state index >= 15 is 0 Å². The summed E-state index contributed by atoms with van der Waals surface area (Å²) in [5.74, 6) is 1.06. The van der Waals surface area contributed by atoms with Crippen molar-refractivity contribution in [2.45, 2.75) is 52.0 Å². The largest absolute Gasteiger partial charge is 0.484 e. The lowest BCUT2D eigenvalue weighted by Crippen LogP contribution is -2.43. The predicted octanol–water partition coefficient (Wildman–Crippen LogP) is 4.52. The molecule has 1 aliphatic heterocycles. The SMILES string of the molecule is CCN(C)C(=O)COc1ccc2c(c1)C(c1ccc(C)cc1)N(C(=O)C1CCCC1)CC2. The van der Waals surface area contributed by atoms with Crippen LogP contribution in [0.1, 0.15) is 60.9 Å². The first-order valence-electron chi connectivity index (χ1n) is 11.8. The molecule has 1 aliphatic carbocycles. The molecule has 1 fully saturated rings. The Morgan fingerprint density at radius 1 is 1.09 bits per heavy atom. The van der Waals surface area contributed by atoms with Crippen molar-refractivity contribution in [3.05, 3.63) is 64.7 Å². The molecule has 0 spiro atoms. The van der Waals surface area contributed by atoms with Crippen LogP contribution in [0.25, 0.3) is 0 Å². The minimum absolute atomic E-state index is 0.0169. The molecule has 170 valence electrons. The highest BCUT2D eigenvalue weighted by Gasteiger charge is 2.36. The van der Waals surface area contributed by atoms with Crippen LogP contribution in [0.4, 0.5) is 0 Å². The summed E-state index contributed by atoms with van der Waals surface area (Å²) in [6.07, 6.45) is 5.13. The number of rotatable bonds is 6. The van der Waals surface area contributed by atoms with Crippen molar-refractivity contribution in [2.75, 3.05) is 26.7 Å². The van der Waals surface area contributed by atoms with E-state index in [0.29, 0.717) is 12.3 Å². The average Bonchev–Trinajstić information content (AvgIpc) is 3.36. The molecule has 0 aromatic heterocycles. The van der Waals surface area contributed by atoms with Gasteiger partial charge in [-0.15, -0.1) is 0 Å². The topological polar surface area (TPSA) is 49.9 Å². The molecule has 1 saturated carbocycles. The molecule has 2 aliphatic rings. The third kappa shape index (κ3) is 4.67. The molecule has 1 atom stereocenters. The van der Waals surface area contributed by atoms with E-state index in [9.17, 15) is 9.59 Å². The summed E-state index contributed by atoms with van der Waals surface area (Å²) in [6, 6.07) is 14.4. The quantitative estimate of drug-likeness (QED) is 0.672. The van der Waals surface area contributed by atoms with Crippen LogP contribution in [0, 0.1) is 12.8 Å². The average molecular weight is 435 g/mol. The second-order valence-electron chi connectivity index (χ2n) is 9.13. The summed E-state index contributed by atoms with van der Waals surface area (Å²) >= 11 is 0. The number of carbonyl (C=O) groups is 2. The second kappa shape index (κ2) is 9.76. The first kappa shape index (κ1) is 22.4. The van der Waals surface area contributed by atoms with Crippen molar-refractivity contribution in [2.24, 2.45) is 5.92 Å². The normalized spacial score (nSPS) is 18.3. The van der Waals surface area contributed by atoms with Gasteiger partial charge in [-0.25, -0.2) is 0 Å². The highest BCUT2D eigenvalue weighted by molar-refractivity contribution is 5.80. The van der Waals surface area contributed by atoms with Crippen LogP contribution in [0.3, 0.4) is 0 Å². The number of hydrogen-bond acceptors (Lipinski definition) is 3. The fourth-order valence-electron chi connectivity index (χ4n) is 4.87. The number of carbonyl (C=O) groups excluding carboxylic acids is 2. The molecular formula is C27H34N2O3. The van der Waals surface area contributed by atoms with Gasteiger partial charge < -0.3 is 14.5 Å². The van der Waals surface area contributed by atoms with Crippen LogP contribution in [-0.4, -0.2) is 48.4 Å². The lowest BCUT2D eigenvalue weighted by molar-refractivity contribution is -0.137. The van der Waals surface area contributed by atoms with E-state index in [4.69, 9.17) is 4.74 Å². The number of hydrogen-bond donors (Lipinski definition) is 0. The molecule has 0 saturated heterocycles. The Morgan fingerprint density at radius 3 is 2.50 bits per heavy atom.